The molecule has 5 nitrogen and oxygen atoms in total. The molecule has 2 N–H and O–H groups in total. The van der Waals surface area contributed by atoms with Crippen LogP contribution in [-0.2, 0) is 9.53 Å². The van der Waals surface area contributed by atoms with Crippen LogP contribution in [0.4, 0.5) is 0 Å². The van der Waals surface area contributed by atoms with Crippen LogP contribution in [0.25, 0.3) is 0 Å². The molecule has 2 fully saturated rings. The first-order valence-electron chi connectivity index (χ1n) is 9.07. The van der Waals surface area contributed by atoms with E-state index in [0.717, 1.165) is 6.42 Å². The van der Waals surface area contributed by atoms with Crippen LogP contribution in [0.2, 0.25) is 0 Å². The lowest BCUT2D eigenvalue weighted by molar-refractivity contribution is -0.940. The highest BCUT2D eigenvalue weighted by Crippen LogP contribution is 2.20. The Balaban J connectivity index is 1.41. The number of nitrogens with one attached hydrogen (secondary N) is 2. The number of hydrogen-bond donors (Lipinski definition) is 2. The van der Waals surface area contributed by atoms with Gasteiger partial charge in [0.2, 0.25) is 0 Å². The molecule has 1 amide bonds. The summed E-state index contributed by atoms with van der Waals surface area (Å²) in [5, 5.41) is 2.62. The molecule has 1 aromatic carbocycles. The van der Waals surface area contributed by atoms with E-state index in [1.165, 1.54) is 38.8 Å². The molecular weight excluding hydrogens is 304 g/mol. The smallest absolute Gasteiger partial charge is 0.325 e. The molecule has 2 aliphatic heterocycles. The van der Waals surface area contributed by atoms with Gasteiger partial charge in [-0.2, -0.15) is 0 Å². The van der Waals surface area contributed by atoms with Crippen molar-refractivity contribution >= 4 is 11.9 Å². The lowest BCUT2D eigenvalue weighted by atomic mass is 9.84. The minimum Gasteiger partial charge on any atom is -0.464 e. The van der Waals surface area contributed by atoms with E-state index in [-0.39, 0.29) is 18.4 Å². The van der Waals surface area contributed by atoms with Gasteiger partial charge in [-0.1, -0.05) is 18.2 Å². The second-order valence-electron chi connectivity index (χ2n) is 6.89. The highest BCUT2D eigenvalue weighted by Gasteiger charge is 2.37. The van der Waals surface area contributed by atoms with Gasteiger partial charge in [-0.25, -0.2) is 0 Å². The van der Waals surface area contributed by atoms with Crippen molar-refractivity contribution in [3.8, 4) is 0 Å². The van der Waals surface area contributed by atoms with Crippen molar-refractivity contribution in [3.05, 3.63) is 35.9 Å². The normalized spacial score (nSPS) is 26.2. The number of carbonyl (C=O) groups is 2. The van der Waals surface area contributed by atoms with Crippen molar-refractivity contribution < 1.29 is 19.2 Å². The van der Waals surface area contributed by atoms with Crippen LogP contribution in [0, 0.1) is 5.92 Å². The Bertz CT molecular complexity index is 559. The first-order valence-corrected chi connectivity index (χ1v) is 9.07. The summed E-state index contributed by atoms with van der Waals surface area (Å²) in [6.07, 6.45) is 6.24. The molecule has 2 saturated heterocycles. The molecule has 3 atom stereocenters. The Kier molecular flexibility index (Phi) is 5.86. The quantitative estimate of drug-likeness (QED) is 0.785. The van der Waals surface area contributed by atoms with Gasteiger partial charge in [0.25, 0.3) is 5.91 Å². The first-order chi connectivity index (χ1) is 11.7. The van der Waals surface area contributed by atoms with Gasteiger partial charge >= 0.3 is 5.97 Å². The summed E-state index contributed by atoms with van der Waals surface area (Å²) in [4.78, 5) is 25.6. The third kappa shape index (κ3) is 4.35. The van der Waals surface area contributed by atoms with Crippen LogP contribution in [-0.4, -0.2) is 44.2 Å². The summed E-state index contributed by atoms with van der Waals surface area (Å²) >= 11 is 0. The Morgan fingerprint density at radius 3 is 2.71 bits per heavy atom. The molecule has 0 aliphatic carbocycles. The molecule has 0 radical (unpaired) electrons. The van der Waals surface area contributed by atoms with Crippen LogP contribution in [0.3, 0.4) is 0 Å². The van der Waals surface area contributed by atoms with E-state index in [1.807, 2.05) is 6.07 Å². The summed E-state index contributed by atoms with van der Waals surface area (Å²) in [6.45, 7) is 2.96. The van der Waals surface area contributed by atoms with Crippen molar-refractivity contribution in [2.24, 2.45) is 5.92 Å². The molecule has 0 spiro atoms. The minimum absolute atomic E-state index is 0.0678. The van der Waals surface area contributed by atoms with Crippen molar-refractivity contribution in [2.45, 2.75) is 38.1 Å². The lowest BCUT2D eigenvalue weighted by Crippen LogP contribution is -3.18. The van der Waals surface area contributed by atoms with Crippen LogP contribution < -0.4 is 10.2 Å². The number of quaternary nitrogens is 1. The Hall–Kier alpha value is -1.88. The summed E-state index contributed by atoms with van der Waals surface area (Å²) in [5.74, 6) is -0.113. The van der Waals surface area contributed by atoms with Gasteiger partial charge in [-0.15, -0.1) is 0 Å². The molecule has 1 unspecified atom stereocenters. The standard InChI is InChI=1S/C19H26N2O3/c22-18(13-20-19(23)15-7-2-1-3-8-15)24-14-16-9-6-12-21-11-5-4-10-17(16)21/h1-3,7-8,16-17H,4-6,9-14H2,(H,20,23)/p+1/t16-,17+/m1/s1. The SMILES string of the molecule is O=C(CNC(=O)c1ccccc1)OC[C@H]1CCC[NH+]2CCCC[C@@H]12. The largest absolute Gasteiger partial charge is 0.464 e. The van der Waals surface area contributed by atoms with Crippen LogP contribution in [0.15, 0.2) is 30.3 Å². The fourth-order valence-electron chi connectivity index (χ4n) is 4.07. The highest BCUT2D eigenvalue weighted by molar-refractivity contribution is 5.95. The molecular formula is C19H27N2O3+. The molecule has 24 heavy (non-hydrogen) atoms. The Morgan fingerprint density at radius 1 is 1.08 bits per heavy atom. The van der Waals surface area contributed by atoms with Crippen molar-refractivity contribution in [1.29, 1.82) is 0 Å². The van der Waals surface area contributed by atoms with Gasteiger partial charge in [0, 0.05) is 11.5 Å². The van der Waals surface area contributed by atoms with E-state index in [0.29, 0.717) is 24.1 Å². The zero-order valence-corrected chi connectivity index (χ0v) is 14.1. The zero-order chi connectivity index (χ0) is 16.8. The second-order valence-corrected chi connectivity index (χ2v) is 6.89. The number of benzene rings is 1. The van der Waals surface area contributed by atoms with E-state index in [1.54, 1.807) is 29.2 Å². The topological polar surface area (TPSA) is 59.8 Å². The maximum Gasteiger partial charge on any atom is 0.325 e. The third-order valence-electron chi connectivity index (χ3n) is 5.32. The molecule has 0 aromatic heterocycles. The number of amides is 1. The fraction of sp³-hybridized carbons (Fsp3) is 0.579. The minimum atomic E-state index is -0.345. The third-order valence-corrected chi connectivity index (χ3v) is 5.32. The molecule has 3 rings (SSSR count). The zero-order valence-electron chi connectivity index (χ0n) is 14.1. The Morgan fingerprint density at radius 2 is 1.88 bits per heavy atom. The summed E-state index contributed by atoms with van der Waals surface area (Å²) < 4.78 is 5.45. The summed E-state index contributed by atoms with van der Waals surface area (Å²) in [6, 6.07) is 9.56. The molecule has 2 heterocycles. The predicted molar refractivity (Wildman–Crippen MR) is 90.8 cm³/mol. The first kappa shape index (κ1) is 17.0. The number of rotatable bonds is 5. The molecule has 130 valence electrons. The van der Waals surface area contributed by atoms with Gasteiger partial charge in [0.05, 0.1) is 25.7 Å². The number of hydrogen-bond acceptors (Lipinski definition) is 3. The number of esters is 1. The highest BCUT2D eigenvalue weighted by atomic mass is 16.5. The Labute approximate surface area is 143 Å². The van der Waals surface area contributed by atoms with E-state index >= 15 is 0 Å². The van der Waals surface area contributed by atoms with Crippen LogP contribution in [0.1, 0.15) is 42.5 Å². The monoisotopic (exact) mass is 331 g/mol. The number of piperidine rings is 2. The van der Waals surface area contributed by atoms with E-state index < -0.39 is 0 Å². The average Bonchev–Trinajstić information content (AvgIpc) is 2.65. The number of carbonyl (C=O) groups excluding carboxylic acids is 2. The summed E-state index contributed by atoms with van der Waals surface area (Å²) in [5.41, 5.74) is 0.555. The lowest BCUT2D eigenvalue weighted by Gasteiger charge is -2.40. The van der Waals surface area contributed by atoms with Gasteiger partial charge in [0.1, 0.15) is 6.54 Å². The maximum atomic E-state index is 11.9. The van der Waals surface area contributed by atoms with Crippen LogP contribution in [0.5, 0.6) is 0 Å². The molecule has 5 heteroatoms. The van der Waals surface area contributed by atoms with E-state index in [9.17, 15) is 9.59 Å². The summed E-state index contributed by atoms with van der Waals surface area (Å²) in [7, 11) is 0. The number of fused-ring (bicyclic) bond motifs is 1. The number of ether oxygens (including phenoxy) is 1. The van der Waals surface area contributed by atoms with Crippen molar-refractivity contribution in [2.75, 3.05) is 26.2 Å². The van der Waals surface area contributed by atoms with Gasteiger partial charge in [-0.3, -0.25) is 9.59 Å². The van der Waals surface area contributed by atoms with E-state index in [4.69, 9.17) is 4.74 Å². The predicted octanol–water partition coefficient (Wildman–Crippen LogP) is 0.807. The van der Waals surface area contributed by atoms with E-state index in [2.05, 4.69) is 5.32 Å². The van der Waals surface area contributed by atoms with Gasteiger partial charge < -0.3 is 15.0 Å². The molecule has 0 saturated carbocycles. The molecule has 2 aliphatic rings. The van der Waals surface area contributed by atoms with Gasteiger partial charge in [0.15, 0.2) is 0 Å². The molecule has 1 aromatic rings. The van der Waals surface area contributed by atoms with Crippen molar-refractivity contribution in [3.63, 3.8) is 0 Å². The van der Waals surface area contributed by atoms with Crippen molar-refractivity contribution in [1.82, 2.24) is 5.32 Å². The maximum absolute atomic E-state index is 11.9. The second kappa shape index (κ2) is 8.29. The van der Waals surface area contributed by atoms with Crippen LogP contribution >= 0.6 is 0 Å². The van der Waals surface area contributed by atoms with Gasteiger partial charge in [-0.05, 0) is 44.2 Å². The fourth-order valence-corrected chi connectivity index (χ4v) is 4.07. The molecule has 0 bridgehead atoms. The average molecular weight is 331 g/mol.